The van der Waals surface area contributed by atoms with E-state index < -0.39 is 11.7 Å². The van der Waals surface area contributed by atoms with Gasteiger partial charge >= 0.3 is 0 Å². The third-order valence-electron chi connectivity index (χ3n) is 5.48. The summed E-state index contributed by atoms with van der Waals surface area (Å²) >= 11 is 0. The standard InChI is InChI=1S/C20H20FN5O2/c1-28-18-12(9-22)7-8-24-19(18)26-13-5-6-14(26)11-25(10-13)20(27)17-15(21)3-2-4-16(17)23/h2-4,7-8,13-14H,5-6,10-11,23H2,1H3. The van der Waals surface area contributed by atoms with E-state index in [-0.39, 0.29) is 23.3 Å². The van der Waals surface area contributed by atoms with Crippen LogP contribution in [0.4, 0.5) is 15.9 Å². The van der Waals surface area contributed by atoms with E-state index in [9.17, 15) is 14.4 Å². The first-order chi connectivity index (χ1) is 13.5. The maximum Gasteiger partial charge on any atom is 0.259 e. The van der Waals surface area contributed by atoms with Gasteiger partial charge in [0.15, 0.2) is 11.6 Å². The maximum absolute atomic E-state index is 14.2. The van der Waals surface area contributed by atoms with Crippen molar-refractivity contribution < 1.29 is 13.9 Å². The summed E-state index contributed by atoms with van der Waals surface area (Å²) < 4.78 is 19.6. The fourth-order valence-corrected chi connectivity index (χ4v) is 4.25. The molecule has 0 aliphatic carbocycles. The summed E-state index contributed by atoms with van der Waals surface area (Å²) in [4.78, 5) is 21.2. The highest BCUT2D eigenvalue weighted by molar-refractivity contribution is 5.99. The van der Waals surface area contributed by atoms with Gasteiger partial charge in [0, 0.05) is 37.1 Å². The number of fused-ring (bicyclic) bond motifs is 2. The molecule has 2 saturated heterocycles. The Hall–Kier alpha value is -3.34. The largest absolute Gasteiger partial charge is 0.492 e. The van der Waals surface area contributed by atoms with Crippen LogP contribution in [0.2, 0.25) is 0 Å². The topological polar surface area (TPSA) is 95.5 Å². The van der Waals surface area contributed by atoms with Crippen LogP contribution in [0.25, 0.3) is 0 Å². The normalized spacial score (nSPS) is 20.8. The number of methoxy groups -OCH3 is 1. The van der Waals surface area contributed by atoms with Gasteiger partial charge in [-0.05, 0) is 31.0 Å². The van der Waals surface area contributed by atoms with Gasteiger partial charge in [-0.3, -0.25) is 4.79 Å². The summed E-state index contributed by atoms with van der Waals surface area (Å²) in [6.07, 6.45) is 3.35. The van der Waals surface area contributed by atoms with Gasteiger partial charge in [-0.25, -0.2) is 9.37 Å². The smallest absolute Gasteiger partial charge is 0.259 e. The van der Waals surface area contributed by atoms with Crippen molar-refractivity contribution in [1.29, 1.82) is 5.26 Å². The number of halogens is 1. The zero-order valence-electron chi connectivity index (χ0n) is 15.4. The van der Waals surface area contributed by atoms with Gasteiger partial charge in [0.25, 0.3) is 5.91 Å². The van der Waals surface area contributed by atoms with Crippen molar-refractivity contribution in [2.75, 3.05) is 30.8 Å². The second-order valence-corrected chi connectivity index (χ2v) is 7.03. The number of rotatable bonds is 3. The Bertz CT molecular complexity index is 939. The van der Waals surface area contributed by atoms with E-state index in [0.29, 0.717) is 30.2 Å². The molecule has 0 saturated carbocycles. The molecule has 4 rings (SSSR count). The molecular formula is C20H20FN5O2. The van der Waals surface area contributed by atoms with Gasteiger partial charge in [-0.2, -0.15) is 5.26 Å². The molecule has 2 bridgehead atoms. The highest BCUT2D eigenvalue weighted by Crippen LogP contribution is 2.40. The molecule has 0 spiro atoms. The molecular weight excluding hydrogens is 361 g/mol. The van der Waals surface area contributed by atoms with E-state index in [1.54, 1.807) is 17.2 Å². The van der Waals surface area contributed by atoms with Crippen LogP contribution in [0, 0.1) is 17.1 Å². The van der Waals surface area contributed by atoms with Crippen LogP contribution >= 0.6 is 0 Å². The number of pyridine rings is 1. The fraction of sp³-hybridized carbons (Fsp3) is 0.350. The molecule has 3 heterocycles. The van der Waals surface area contributed by atoms with Crippen LogP contribution in [-0.4, -0.2) is 48.1 Å². The quantitative estimate of drug-likeness (QED) is 0.819. The number of likely N-dealkylation sites (tertiary alicyclic amines) is 1. The van der Waals surface area contributed by atoms with Crippen LogP contribution in [0.5, 0.6) is 5.75 Å². The summed E-state index contributed by atoms with van der Waals surface area (Å²) in [7, 11) is 1.52. The van der Waals surface area contributed by atoms with Crippen molar-refractivity contribution >= 4 is 17.4 Å². The number of carbonyl (C=O) groups excluding carboxylic acids is 1. The summed E-state index contributed by atoms with van der Waals surface area (Å²) in [6, 6.07) is 8.05. The monoisotopic (exact) mass is 381 g/mol. The Morgan fingerprint density at radius 3 is 2.64 bits per heavy atom. The minimum atomic E-state index is -0.607. The molecule has 2 unspecified atom stereocenters. The first-order valence-electron chi connectivity index (χ1n) is 9.09. The number of aromatic nitrogens is 1. The molecule has 2 aromatic rings. The number of nitrogen functional groups attached to an aromatic ring is 1. The molecule has 2 aliphatic heterocycles. The lowest BCUT2D eigenvalue weighted by Gasteiger charge is -2.42. The van der Waals surface area contributed by atoms with Crippen molar-refractivity contribution in [2.45, 2.75) is 24.9 Å². The molecule has 2 fully saturated rings. The minimum absolute atomic E-state index is 0.0195. The molecule has 1 amide bonds. The maximum atomic E-state index is 14.2. The van der Waals surface area contributed by atoms with Gasteiger partial charge in [0.05, 0.1) is 18.2 Å². The fourth-order valence-electron chi connectivity index (χ4n) is 4.25. The number of piperazine rings is 1. The van der Waals surface area contributed by atoms with E-state index >= 15 is 0 Å². The van der Waals surface area contributed by atoms with Crippen molar-refractivity contribution in [1.82, 2.24) is 9.88 Å². The van der Waals surface area contributed by atoms with E-state index in [2.05, 4.69) is 16.0 Å². The predicted molar refractivity (Wildman–Crippen MR) is 102 cm³/mol. The molecule has 0 radical (unpaired) electrons. The SMILES string of the molecule is COc1c(C#N)ccnc1N1C2CCC1CN(C(=O)c1c(N)cccc1F)C2. The number of hydrogen-bond acceptors (Lipinski definition) is 6. The average Bonchev–Trinajstić information content (AvgIpc) is 2.95. The molecule has 7 nitrogen and oxygen atoms in total. The Labute approximate surface area is 162 Å². The zero-order valence-corrected chi connectivity index (χ0v) is 15.4. The second kappa shape index (κ2) is 7.00. The summed E-state index contributed by atoms with van der Waals surface area (Å²) in [6.45, 7) is 0.870. The molecule has 28 heavy (non-hydrogen) atoms. The summed E-state index contributed by atoms with van der Waals surface area (Å²) in [5, 5.41) is 9.34. The number of nitrogens with zero attached hydrogens (tertiary/aromatic N) is 4. The predicted octanol–water partition coefficient (Wildman–Crippen LogP) is 2.18. The highest BCUT2D eigenvalue weighted by Gasteiger charge is 2.44. The van der Waals surface area contributed by atoms with Crippen LogP contribution in [0.15, 0.2) is 30.5 Å². The number of ether oxygens (including phenoxy) is 1. The van der Waals surface area contributed by atoms with E-state index in [1.807, 2.05) is 0 Å². The molecule has 144 valence electrons. The lowest BCUT2D eigenvalue weighted by atomic mass is 10.1. The molecule has 2 atom stereocenters. The molecule has 2 aliphatic rings. The van der Waals surface area contributed by atoms with Crippen LogP contribution in [0.1, 0.15) is 28.8 Å². The van der Waals surface area contributed by atoms with Crippen molar-refractivity contribution in [3.8, 4) is 11.8 Å². The Morgan fingerprint density at radius 2 is 2.04 bits per heavy atom. The van der Waals surface area contributed by atoms with Gasteiger partial charge in [0.1, 0.15) is 11.9 Å². The van der Waals surface area contributed by atoms with Crippen molar-refractivity contribution in [3.05, 3.63) is 47.4 Å². The first kappa shape index (κ1) is 18.0. The van der Waals surface area contributed by atoms with Gasteiger partial charge in [-0.1, -0.05) is 6.07 Å². The zero-order chi connectivity index (χ0) is 19.8. The number of hydrogen-bond donors (Lipinski definition) is 1. The van der Waals surface area contributed by atoms with Crippen LogP contribution in [0.3, 0.4) is 0 Å². The number of nitrogens with two attached hydrogens (primary N) is 1. The van der Waals surface area contributed by atoms with Gasteiger partial charge < -0.3 is 20.3 Å². The third-order valence-corrected chi connectivity index (χ3v) is 5.48. The van der Waals surface area contributed by atoms with Crippen molar-refractivity contribution in [3.63, 3.8) is 0 Å². The number of anilines is 2. The lowest BCUT2D eigenvalue weighted by Crippen LogP contribution is -2.56. The summed E-state index contributed by atoms with van der Waals surface area (Å²) in [5.74, 6) is 0.0641. The van der Waals surface area contributed by atoms with Crippen molar-refractivity contribution in [2.24, 2.45) is 0 Å². The number of nitriles is 1. The van der Waals surface area contributed by atoms with Crippen LogP contribution < -0.4 is 15.4 Å². The lowest BCUT2D eigenvalue weighted by molar-refractivity contribution is 0.0713. The van der Waals surface area contributed by atoms with Crippen LogP contribution in [-0.2, 0) is 0 Å². The number of carbonyl (C=O) groups is 1. The molecule has 2 N–H and O–H groups in total. The van der Waals surface area contributed by atoms with E-state index in [1.165, 1.54) is 25.3 Å². The Balaban J connectivity index is 1.63. The average molecular weight is 381 g/mol. The first-order valence-corrected chi connectivity index (χ1v) is 9.09. The second-order valence-electron chi connectivity index (χ2n) is 7.03. The molecule has 1 aromatic carbocycles. The highest BCUT2D eigenvalue weighted by atomic mass is 19.1. The Morgan fingerprint density at radius 1 is 1.32 bits per heavy atom. The number of amides is 1. The minimum Gasteiger partial charge on any atom is -0.492 e. The molecule has 1 aromatic heterocycles. The Kier molecular flexibility index (Phi) is 4.51. The van der Waals surface area contributed by atoms with Gasteiger partial charge in [-0.15, -0.1) is 0 Å². The third kappa shape index (κ3) is 2.80. The molecule has 8 heteroatoms. The summed E-state index contributed by atoms with van der Waals surface area (Å²) in [5.41, 5.74) is 6.34. The van der Waals surface area contributed by atoms with E-state index in [4.69, 9.17) is 10.5 Å². The number of benzene rings is 1. The van der Waals surface area contributed by atoms with E-state index in [0.717, 1.165) is 12.8 Å². The van der Waals surface area contributed by atoms with Gasteiger partial charge in [0.2, 0.25) is 0 Å².